The fraction of sp³-hybridized carbons (Fsp3) is 0.316. The average molecular weight is 412 g/mol. The molecule has 0 aliphatic rings. The van der Waals surface area contributed by atoms with Crippen LogP contribution in [-0.2, 0) is 14.8 Å². The average Bonchev–Trinajstić information content (AvgIpc) is 2.61. The zero-order chi connectivity index (χ0) is 20.9. The van der Waals surface area contributed by atoms with Crippen molar-refractivity contribution in [2.24, 2.45) is 0 Å². The molecule has 28 heavy (non-hydrogen) atoms. The molecule has 0 fully saturated rings. The Hall–Kier alpha value is -2.36. The molecule has 1 amide bonds. The van der Waals surface area contributed by atoms with Crippen LogP contribution in [0.5, 0.6) is 0 Å². The van der Waals surface area contributed by atoms with Crippen molar-refractivity contribution in [3.05, 3.63) is 65.2 Å². The number of sulfonamides is 1. The lowest BCUT2D eigenvalue weighted by Crippen LogP contribution is -2.35. The quantitative estimate of drug-likeness (QED) is 0.698. The highest BCUT2D eigenvalue weighted by molar-refractivity contribution is 7.89. The van der Waals surface area contributed by atoms with Gasteiger partial charge in [0.15, 0.2) is 0 Å². The number of carbonyl (C=O) groups excluding carboxylic acids is 1. The largest absolute Gasteiger partial charge is 0.383 e. The Bertz CT molecular complexity index is 933. The summed E-state index contributed by atoms with van der Waals surface area (Å²) in [6.07, 6.45) is 0. The molecule has 0 bridgehead atoms. The number of ether oxygens (including phenoxy) is 1. The third kappa shape index (κ3) is 5.57. The molecule has 2 N–H and O–H groups in total. The van der Waals surface area contributed by atoms with Crippen molar-refractivity contribution in [2.45, 2.75) is 30.8 Å². The third-order valence-corrected chi connectivity index (χ3v) is 5.58. The van der Waals surface area contributed by atoms with E-state index in [0.717, 1.165) is 12.1 Å². The minimum atomic E-state index is -3.75. The van der Waals surface area contributed by atoms with E-state index >= 15 is 0 Å². The SMILES string of the molecule is COC[C@H](C)NS(=O)(=O)c1ccc(C(=O)N[C@@H](C)c2ccc(F)cc2F)cc1. The summed E-state index contributed by atoms with van der Waals surface area (Å²) in [7, 11) is -2.28. The first-order valence-corrected chi connectivity index (χ1v) is 9.99. The zero-order valence-electron chi connectivity index (χ0n) is 15.7. The van der Waals surface area contributed by atoms with E-state index in [1.807, 2.05) is 0 Å². The molecule has 0 saturated heterocycles. The molecule has 6 nitrogen and oxygen atoms in total. The van der Waals surface area contributed by atoms with E-state index in [1.165, 1.54) is 37.4 Å². The number of halogens is 2. The minimum Gasteiger partial charge on any atom is -0.383 e. The van der Waals surface area contributed by atoms with Gasteiger partial charge in [-0.1, -0.05) is 6.07 Å². The molecule has 2 rings (SSSR count). The number of amides is 1. The van der Waals surface area contributed by atoms with Crippen molar-refractivity contribution in [2.75, 3.05) is 13.7 Å². The fourth-order valence-corrected chi connectivity index (χ4v) is 3.84. The Morgan fingerprint density at radius 1 is 1.11 bits per heavy atom. The van der Waals surface area contributed by atoms with Gasteiger partial charge in [0.25, 0.3) is 5.91 Å². The molecule has 0 aliphatic carbocycles. The second-order valence-electron chi connectivity index (χ2n) is 6.36. The van der Waals surface area contributed by atoms with E-state index in [0.29, 0.717) is 0 Å². The van der Waals surface area contributed by atoms with E-state index in [-0.39, 0.29) is 22.6 Å². The van der Waals surface area contributed by atoms with Gasteiger partial charge in [-0.3, -0.25) is 4.79 Å². The van der Waals surface area contributed by atoms with Crippen LogP contribution in [-0.4, -0.2) is 34.1 Å². The van der Waals surface area contributed by atoms with Crippen LogP contribution < -0.4 is 10.0 Å². The summed E-state index contributed by atoms with van der Waals surface area (Å²) in [5, 5.41) is 2.60. The summed E-state index contributed by atoms with van der Waals surface area (Å²) in [5.74, 6) is -1.98. The molecule has 0 aliphatic heterocycles. The smallest absolute Gasteiger partial charge is 0.251 e. The molecule has 152 valence electrons. The van der Waals surface area contributed by atoms with E-state index in [2.05, 4.69) is 10.0 Å². The van der Waals surface area contributed by atoms with Gasteiger partial charge in [-0.15, -0.1) is 0 Å². The summed E-state index contributed by atoms with van der Waals surface area (Å²) in [6.45, 7) is 3.45. The van der Waals surface area contributed by atoms with E-state index < -0.39 is 39.6 Å². The van der Waals surface area contributed by atoms with Crippen LogP contribution in [0.2, 0.25) is 0 Å². The van der Waals surface area contributed by atoms with Crippen LogP contribution in [0.15, 0.2) is 47.4 Å². The van der Waals surface area contributed by atoms with Gasteiger partial charge in [-0.25, -0.2) is 21.9 Å². The monoisotopic (exact) mass is 412 g/mol. The molecular weight excluding hydrogens is 390 g/mol. The predicted octanol–water partition coefficient (Wildman–Crippen LogP) is 2.77. The van der Waals surface area contributed by atoms with Crippen LogP contribution in [0, 0.1) is 11.6 Å². The molecule has 0 spiro atoms. The Labute approximate surface area is 163 Å². The maximum atomic E-state index is 13.8. The minimum absolute atomic E-state index is 0.00429. The summed E-state index contributed by atoms with van der Waals surface area (Å²) in [4.78, 5) is 12.3. The number of methoxy groups -OCH3 is 1. The van der Waals surface area contributed by atoms with Crippen LogP contribution in [0.3, 0.4) is 0 Å². The highest BCUT2D eigenvalue weighted by Gasteiger charge is 2.19. The zero-order valence-corrected chi connectivity index (χ0v) is 16.5. The van der Waals surface area contributed by atoms with Crippen molar-refractivity contribution in [3.63, 3.8) is 0 Å². The van der Waals surface area contributed by atoms with Crippen molar-refractivity contribution in [1.82, 2.24) is 10.0 Å². The van der Waals surface area contributed by atoms with Crippen molar-refractivity contribution >= 4 is 15.9 Å². The molecule has 0 aromatic heterocycles. The molecule has 0 radical (unpaired) electrons. The van der Waals surface area contributed by atoms with Crippen LogP contribution in [0.25, 0.3) is 0 Å². The summed E-state index contributed by atoms with van der Waals surface area (Å²) < 4.78 is 58.8. The second-order valence-corrected chi connectivity index (χ2v) is 8.08. The topological polar surface area (TPSA) is 84.5 Å². The first-order valence-electron chi connectivity index (χ1n) is 8.51. The lowest BCUT2D eigenvalue weighted by molar-refractivity contribution is 0.0939. The summed E-state index contributed by atoms with van der Waals surface area (Å²) >= 11 is 0. The number of hydrogen-bond acceptors (Lipinski definition) is 4. The second kappa shape index (κ2) is 9.22. The highest BCUT2D eigenvalue weighted by atomic mass is 32.2. The molecular formula is C19H22F2N2O4S. The molecule has 2 aromatic rings. The Balaban J connectivity index is 2.09. The molecule has 0 heterocycles. The van der Waals surface area contributed by atoms with Crippen LogP contribution in [0.1, 0.15) is 35.8 Å². The molecule has 2 atom stereocenters. The molecule has 2 aromatic carbocycles. The first kappa shape index (κ1) is 21.9. The Kier molecular flexibility index (Phi) is 7.22. The number of rotatable bonds is 8. The van der Waals surface area contributed by atoms with Crippen LogP contribution >= 0.6 is 0 Å². The number of carbonyl (C=O) groups is 1. The van der Waals surface area contributed by atoms with E-state index in [1.54, 1.807) is 13.8 Å². The standard InChI is InChI=1S/C19H22F2N2O4S/c1-12(11-27-3)23-28(25,26)16-7-4-14(5-8-16)19(24)22-13(2)17-9-6-15(20)10-18(17)21/h4-10,12-13,23H,11H2,1-3H3,(H,22,24)/t12-,13-/m0/s1. The third-order valence-electron chi connectivity index (χ3n) is 3.98. The van der Waals surface area contributed by atoms with Crippen molar-refractivity contribution in [3.8, 4) is 0 Å². The normalized spacial score (nSPS) is 13.8. The summed E-state index contributed by atoms with van der Waals surface area (Å²) in [6, 6.07) is 7.33. The van der Waals surface area contributed by atoms with Gasteiger partial charge >= 0.3 is 0 Å². The highest BCUT2D eigenvalue weighted by Crippen LogP contribution is 2.19. The number of nitrogens with one attached hydrogen (secondary N) is 2. The van der Waals surface area contributed by atoms with Gasteiger partial charge in [0.05, 0.1) is 17.5 Å². The predicted molar refractivity (Wildman–Crippen MR) is 100 cm³/mol. The van der Waals surface area contributed by atoms with Gasteiger partial charge in [-0.2, -0.15) is 0 Å². The Morgan fingerprint density at radius 3 is 2.32 bits per heavy atom. The van der Waals surface area contributed by atoms with Crippen molar-refractivity contribution < 1.29 is 26.7 Å². The lowest BCUT2D eigenvalue weighted by atomic mass is 10.1. The molecule has 0 unspecified atom stereocenters. The summed E-state index contributed by atoms with van der Waals surface area (Å²) in [5.41, 5.74) is 0.350. The molecule has 0 saturated carbocycles. The number of benzene rings is 2. The number of hydrogen-bond donors (Lipinski definition) is 2. The van der Waals surface area contributed by atoms with Crippen molar-refractivity contribution in [1.29, 1.82) is 0 Å². The van der Waals surface area contributed by atoms with Gasteiger partial charge in [-0.05, 0) is 44.2 Å². The van der Waals surface area contributed by atoms with E-state index in [4.69, 9.17) is 4.74 Å². The van der Waals surface area contributed by atoms with Gasteiger partial charge < -0.3 is 10.1 Å². The van der Waals surface area contributed by atoms with Gasteiger partial charge in [0.1, 0.15) is 11.6 Å². The first-order chi connectivity index (χ1) is 13.1. The van der Waals surface area contributed by atoms with Gasteiger partial charge in [0.2, 0.25) is 10.0 Å². The molecule has 9 heteroatoms. The Morgan fingerprint density at radius 2 is 1.75 bits per heavy atom. The van der Waals surface area contributed by atoms with Gasteiger partial charge in [0, 0.05) is 30.3 Å². The maximum absolute atomic E-state index is 13.8. The van der Waals surface area contributed by atoms with E-state index in [9.17, 15) is 22.0 Å². The fourth-order valence-electron chi connectivity index (χ4n) is 2.61. The maximum Gasteiger partial charge on any atom is 0.251 e. The lowest BCUT2D eigenvalue weighted by Gasteiger charge is -2.16. The van der Waals surface area contributed by atoms with Crippen LogP contribution in [0.4, 0.5) is 8.78 Å².